The third-order valence-corrected chi connectivity index (χ3v) is 5.82. The third kappa shape index (κ3) is 4.66. The number of anilines is 1. The molecule has 31 heavy (non-hydrogen) atoms. The number of aromatic nitrogens is 4. The molecule has 1 aliphatic rings. The molecule has 2 aromatic heterocycles. The molecule has 1 atom stereocenters. The molecule has 164 valence electrons. The third-order valence-electron chi connectivity index (χ3n) is 5.20. The second-order valence-corrected chi connectivity index (χ2v) is 9.58. The van der Waals surface area contributed by atoms with Crippen LogP contribution < -0.4 is 15.0 Å². The van der Waals surface area contributed by atoms with Crippen molar-refractivity contribution in [2.24, 2.45) is 0 Å². The Morgan fingerprint density at radius 2 is 1.81 bits per heavy atom. The molecule has 0 radical (unpaired) electrons. The SMILES string of the molecule is COc1ccc(C(=O)NC(n2cnc3c(N4CCCCC4)ncnc32)C(Cl)(Cl)Cl)cc1. The maximum Gasteiger partial charge on any atom is 0.253 e. The quantitative estimate of drug-likeness (QED) is 0.549. The summed E-state index contributed by atoms with van der Waals surface area (Å²) < 4.78 is 4.83. The van der Waals surface area contributed by atoms with Gasteiger partial charge in [0.15, 0.2) is 23.1 Å². The Bertz CT molecular complexity index is 1060. The number of ether oxygens (including phenoxy) is 1. The highest BCUT2D eigenvalue weighted by Gasteiger charge is 2.37. The van der Waals surface area contributed by atoms with E-state index in [1.54, 1.807) is 35.9 Å². The number of benzene rings is 1. The lowest BCUT2D eigenvalue weighted by Gasteiger charge is -2.28. The number of methoxy groups -OCH3 is 1. The van der Waals surface area contributed by atoms with Gasteiger partial charge in [-0.1, -0.05) is 34.8 Å². The molecule has 0 aliphatic carbocycles. The van der Waals surface area contributed by atoms with E-state index in [1.807, 2.05) is 0 Å². The molecule has 1 N–H and O–H groups in total. The Morgan fingerprint density at radius 1 is 1.10 bits per heavy atom. The Morgan fingerprint density at radius 3 is 2.45 bits per heavy atom. The zero-order valence-corrected chi connectivity index (χ0v) is 19.0. The van der Waals surface area contributed by atoms with E-state index in [2.05, 4.69) is 25.2 Å². The van der Waals surface area contributed by atoms with Gasteiger partial charge < -0.3 is 15.0 Å². The number of fused-ring (bicyclic) bond motifs is 1. The van der Waals surface area contributed by atoms with Gasteiger partial charge in [0, 0.05) is 18.7 Å². The predicted octanol–water partition coefficient (Wildman–Crippen LogP) is 4.12. The minimum absolute atomic E-state index is 0.396. The average molecular weight is 484 g/mol. The van der Waals surface area contributed by atoms with Crippen LogP contribution in [0.5, 0.6) is 5.75 Å². The molecule has 1 fully saturated rings. The summed E-state index contributed by atoms with van der Waals surface area (Å²) in [5, 5.41) is 2.78. The first-order valence-electron chi connectivity index (χ1n) is 9.82. The number of hydrogen-bond acceptors (Lipinski definition) is 6. The Labute approximate surface area is 194 Å². The minimum atomic E-state index is -1.86. The molecule has 0 bridgehead atoms. The van der Waals surface area contributed by atoms with Crippen molar-refractivity contribution in [3.8, 4) is 5.75 Å². The number of carbonyl (C=O) groups excluding carboxylic acids is 1. The van der Waals surface area contributed by atoms with Crippen molar-refractivity contribution in [1.29, 1.82) is 0 Å². The molecule has 11 heteroatoms. The van der Waals surface area contributed by atoms with Gasteiger partial charge in [-0.25, -0.2) is 15.0 Å². The predicted molar refractivity (Wildman–Crippen MR) is 121 cm³/mol. The van der Waals surface area contributed by atoms with E-state index in [-0.39, 0.29) is 0 Å². The normalized spacial score (nSPS) is 15.7. The Kier molecular flexibility index (Phi) is 6.41. The van der Waals surface area contributed by atoms with E-state index in [0.717, 1.165) is 31.7 Å². The summed E-state index contributed by atoms with van der Waals surface area (Å²) in [7, 11) is 1.55. The molecule has 1 unspecified atom stereocenters. The molecule has 1 amide bonds. The Balaban J connectivity index is 1.67. The number of rotatable bonds is 5. The van der Waals surface area contributed by atoms with Crippen molar-refractivity contribution in [3.63, 3.8) is 0 Å². The van der Waals surface area contributed by atoms with Gasteiger partial charge in [-0.2, -0.15) is 0 Å². The van der Waals surface area contributed by atoms with E-state index in [1.165, 1.54) is 19.1 Å². The lowest BCUT2D eigenvalue weighted by Crippen LogP contribution is -2.40. The first-order chi connectivity index (χ1) is 14.9. The smallest absolute Gasteiger partial charge is 0.253 e. The molecule has 8 nitrogen and oxygen atoms in total. The molecule has 3 heterocycles. The van der Waals surface area contributed by atoms with Crippen molar-refractivity contribution in [2.75, 3.05) is 25.1 Å². The van der Waals surface area contributed by atoms with Crippen LogP contribution in [0.4, 0.5) is 5.82 Å². The van der Waals surface area contributed by atoms with Gasteiger partial charge in [-0.05, 0) is 43.5 Å². The van der Waals surface area contributed by atoms with Crippen LogP contribution in [0.1, 0.15) is 35.8 Å². The Hall–Kier alpha value is -2.29. The average Bonchev–Trinajstić information content (AvgIpc) is 3.21. The number of carbonyl (C=O) groups is 1. The summed E-state index contributed by atoms with van der Waals surface area (Å²) in [5.74, 6) is 0.969. The number of piperidine rings is 1. The molecule has 1 aromatic carbocycles. The van der Waals surface area contributed by atoms with Gasteiger partial charge in [-0.15, -0.1) is 0 Å². The largest absolute Gasteiger partial charge is 0.497 e. The maximum atomic E-state index is 12.8. The highest BCUT2D eigenvalue weighted by Crippen LogP contribution is 2.38. The fourth-order valence-corrected chi connectivity index (χ4v) is 4.10. The fraction of sp³-hybridized carbons (Fsp3) is 0.400. The molecule has 0 spiro atoms. The zero-order valence-electron chi connectivity index (χ0n) is 16.8. The molecule has 0 saturated carbocycles. The highest BCUT2D eigenvalue weighted by atomic mass is 35.6. The van der Waals surface area contributed by atoms with Crippen molar-refractivity contribution in [3.05, 3.63) is 42.5 Å². The summed E-state index contributed by atoms with van der Waals surface area (Å²) in [5.41, 5.74) is 1.47. The van der Waals surface area contributed by atoms with Crippen LogP contribution in [0.3, 0.4) is 0 Å². The first-order valence-corrected chi connectivity index (χ1v) is 11.0. The van der Waals surface area contributed by atoms with Gasteiger partial charge in [0.2, 0.25) is 3.79 Å². The fourth-order valence-electron chi connectivity index (χ4n) is 3.62. The van der Waals surface area contributed by atoms with E-state index in [0.29, 0.717) is 22.5 Å². The number of imidazole rings is 1. The number of alkyl halides is 3. The van der Waals surface area contributed by atoms with Crippen LogP contribution >= 0.6 is 34.8 Å². The van der Waals surface area contributed by atoms with Crippen LogP contribution in [0, 0.1) is 0 Å². The molecular weight excluding hydrogens is 463 g/mol. The second-order valence-electron chi connectivity index (χ2n) is 7.22. The van der Waals surface area contributed by atoms with Gasteiger partial charge in [0.1, 0.15) is 12.1 Å². The van der Waals surface area contributed by atoms with Crippen LogP contribution in [0.25, 0.3) is 11.2 Å². The summed E-state index contributed by atoms with van der Waals surface area (Å²) in [6.07, 6.45) is 5.33. The molecule has 1 aliphatic heterocycles. The number of hydrogen-bond donors (Lipinski definition) is 1. The van der Waals surface area contributed by atoms with Crippen LogP contribution in [0.2, 0.25) is 0 Å². The first kappa shape index (κ1) is 21.9. The van der Waals surface area contributed by atoms with Crippen molar-refractivity contribution in [1.82, 2.24) is 24.8 Å². The zero-order chi connectivity index (χ0) is 22.0. The van der Waals surface area contributed by atoms with Gasteiger partial charge in [0.05, 0.1) is 13.4 Å². The minimum Gasteiger partial charge on any atom is -0.497 e. The van der Waals surface area contributed by atoms with Crippen molar-refractivity contribution >= 4 is 57.7 Å². The summed E-state index contributed by atoms with van der Waals surface area (Å²) in [4.78, 5) is 28.3. The molecule has 4 rings (SSSR count). The van der Waals surface area contributed by atoms with Gasteiger partial charge in [0.25, 0.3) is 5.91 Å². The number of halogens is 3. The number of nitrogens with zero attached hydrogens (tertiary/aromatic N) is 5. The summed E-state index contributed by atoms with van der Waals surface area (Å²) in [6.45, 7) is 1.81. The standard InChI is InChI=1S/C20H21Cl3N6O2/c1-31-14-7-5-13(6-8-14)18(30)27-19(20(21,22)23)29-12-26-15-16(24-11-25-17(15)29)28-9-3-2-4-10-28/h5-8,11-12,19H,2-4,9-10H2,1H3,(H,27,30). The van der Waals surface area contributed by atoms with E-state index < -0.39 is 15.9 Å². The van der Waals surface area contributed by atoms with E-state index >= 15 is 0 Å². The molecule has 3 aromatic rings. The van der Waals surface area contributed by atoms with Crippen LogP contribution in [0.15, 0.2) is 36.9 Å². The van der Waals surface area contributed by atoms with Crippen LogP contribution in [-0.4, -0.2) is 49.4 Å². The lowest BCUT2D eigenvalue weighted by molar-refractivity contribution is 0.0921. The summed E-state index contributed by atoms with van der Waals surface area (Å²) >= 11 is 18.8. The lowest BCUT2D eigenvalue weighted by atomic mass is 10.1. The van der Waals surface area contributed by atoms with Crippen molar-refractivity contribution in [2.45, 2.75) is 29.2 Å². The topological polar surface area (TPSA) is 85.2 Å². The highest BCUT2D eigenvalue weighted by molar-refractivity contribution is 6.68. The van der Waals surface area contributed by atoms with E-state index in [4.69, 9.17) is 39.5 Å². The number of amides is 1. The van der Waals surface area contributed by atoms with Gasteiger partial charge >= 0.3 is 0 Å². The molecule has 1 saturated heterocycles. The van der Waals surface area contributed by atoms with Crippen LogP contribution in [-0.2, 0) is 0 Å². The number of nitrogens with one attached hydrogen (secondary N) is 1. The van der Waals surface area contributed by atoms with Crippen molar-refractivity contribution < 1.29 is 9.53 Å². The monoisotopic (exact) mass is 482 g/mol. The molecular formula is C20H21Cl3N6O2. The second kappa shape index (κ2) is 9.06. The maximum absolute atomic E-state index is 12.8. The van der Waals surface area contributed by atoms with Gasteiger partial charge in [-0.3, -0.25) is 9.36 Å². The summed E-state index contributed by atoms with van der Waals surface area (Å²) in [6, 6.07) is 6.63. The van der Waals surface area contributed by atoms with E-state index in [9.17, 15) is 4.79 Å².